The minimum Gasteiger partial charge on any atom is -0.497 e. The summed E-state index contributed by atoms with van der Waals surface area (Å²) in [5.41, 5.74) is 6.07. The van der Waals surface area contributed by atoms with Gasteiger partial charge in [0.05, 0.1) is 18.6 Å². The molecule has 38 heavy (non-hydrogen) atoms. The van der Waals surface area contributed by atoms with Crippen molar-refractivity contribution < 1.29 is 9.53 Å². The number of thioether (sulfide) groups is 1. The second kappa shape index (κ2) is 11.5. The van der Waals surface area contributed by atoms with Gasteiger partial charge in [0.25, 0.3) is 5.91 Å². The zero-order valence-electron chi connectivity index (χ0n) is 20.8. The molecular weight excluding hydrogens is 518 g/mol. The largest absolute Gasteiger partial charge is 0.497 e. The summed E-state index contributed by atoms with van der Waals surface area (Å²) in [5.74, 6) is 1.26. The predicted octanol–water partition coefficient (Wildman–Crippen LogP) is 6.38. The highest BCUT2D eigenvalue weighted by Crippen LogP contribution is 2.29. The molecule has 0 atom stereocenters. The molecule has 1 N–H and O–H groups in total. The Hall–Kier alpha value is -4.14. The molecule has 0 fully saturated rings. The van der Waals surface area contributed by atoms with Crippen LogP contribution in [0.15, 0.2) is 101 Å². The van der Waals surface area contributed by atoms with Crippen molar-refractivity contribution in [3.63, 3.8) is 0 Å². The molecular formula is C29H24ClN5O2S. The van der Waals surface area contributed by atoms with Crippen LogP contribution >= 0.6 is 23.4 Å². The van der Waals surface area contributed by atoms with Gasteiger partial charge in [-0.05, 0) is 66.2 Å². The van der Waals surface area contributed by atoms with E-state index in [2.05, 4.69) is 32.9 Å². The second-order valence-electron chi connectivity index (χ2n) is 8.39. The second-order valence-corrected chi connectivity index (χ2v) is 9.77. The Morgan fingerprint density at radius 3 is 2.47 bits per heavy atom. The quantitative estimate of drug-likeness (QED) is 0.140. The van der Waals surface area contributed by atoms with Gasteiger partial charge in [0.2, 0.25) is 0 Å². The number of benzene rings is 4. The summed E-state index contributed by atoms with van der Waals surface area (Å²) in [4.78, 5) is 12.7. The van der Waals surface area contributed by atoms with Crippen molar-refractivity contribution in [1.82, 2.24) is 20.2 Å². The number of nitrogens with one attached hydrogen (secondary N) is 1. The fraction of sp³-hybridized carbons (Fsp3) is 0.103. The van der Waals surface area contributed by atoms with Gasteiger partial charge in [-0.25, -0.2) is 5.43 Å². The van der Waals surface area contributed by atoms with E-state index in [1.54, 1.807) is 19.2 Å². The van der Waals surface area contributed by atoms with Crippen LogP contribution in [0.5, 0.6) is 5.75 Å². The van der Waals surface area contributed by atoms with Gasteiger partial charge >= 0.3 is 0 Å². The van der Waals surface area contributed by atoms with E-state index in [0.29, 0.717) is 16.0 Å². The molecule has 4 aromatic carbocycles. The minimum absolute atomic E-state index is 0.112. The standard InChI is InChI=1S/C29H24ClN5O2S/c1-19(25-9-5-7-20-6-3-4-8-26(20)25)31-32-27(36)18-38-29-34-33-28(21-10-16-24(37-2)17-11-21)35(29)23-14-12-22(30)13-15-23/h3-17H,18H2,1-2H3,(H,32,36)/b31-19-. The number of nitrogens with zero attached hydrogens (tertiary/aromatic N) is 4. The molecule has 9 heteroatoms. The van der Waals surface area contributed by atoms with Gasteiger partial charge in [-0.15, -0.1) is 10.2 Å². The van der Waals surface area contributed by atoms with Gasteiger partial charge in [-0.2, -0.15) is 5.10 Å². The van der Waals surface area contributed by atoms with Crippen LogP contribution in [0.25, 0.3) is 27.8 Å². The van der Waals surface area contributed by atoms with E-state index in [9.17, 15) is 4.79 Å². The fourth-order valence-corrected chi connectivity index (χ4v) is 4.89. The van der Waals surface area contributed by atoms with Crippen LogP contribution in [0, 0.1) is 0 Å². The van der Waals surface area contributed by atoms with Crippen LogP contribution in [0.1, 0.15) is 12.5 Å². The number of hydrogen-bond acceptors (Lipinski definition) is 6. The molecule has 1 amide bonds. The molecule has 190 valence electrons. The molecule has 5 aromatic rings. The zero-order valence-corrected chi connectivity index (χ0v) is 22.3. The Bertz CT molecular complexity index is 1610. The molecule has 0 bridgehead atoms. The van der Waals surface area contributed by atoms with Gasteiger partial charge in [0.15, 0.2) is 11.0 Å². The smallest absolute Gasteiger partial charge is 0.250 e. The Morgan fingerprint density at radius 1 is 0.974 bits per heavy atom. The summed E-state index contributed by atoms with van der Waals surface area (Å²) >= 11 is 7.40. The van der Waals surface area contributed by atoms with Crippen molar-refractivity contribution in [3.05, 3.63) is 102 Å². The lowest BCUT2D eigenvalue weighted by Gasteiger charge is -2.11. The number of aromatic nitrogens is 3. The van der Waals surface area contributed by atoms with Gasteiger partial charge in [-0.3, -0.25) is 9.36 Å². The fourth-order valence-electron chi connectivity index (χ4n) is 4.02. The molecule has 0 spiro atoms. The molecule has 5 rings (SSSR count). The molecule has 1 heterocycles. The van der Waals surface area contributed by atoms with Crippen molar-refractivity contribution >= 4 is 45.8 Å². The SMILES string of the molecule is COc1ccc(-c2nnc(SCC(=O)N/N=C(/C)c3cccc4ccccc34)n2-c2ccc(Cl)cc2)cc1. The third-order valence-corrected chi connectivity index (χ3v) is 7.11. The molecule has 0 saturated heterocycles. The maximum absolute atomic E-state index is 12.7. The molecule has 0 saturated carbocycles. The first kappa shape index (κ1) is 25.5. The monoisotopic (exact) mass is 541 g/mol. The molecule has 1 aromatic heterocycles. The normalized spacial score (nSPS) is 11.5. The first-order valence-corrected chi connectivity index (χ1v) is 13.2. The highest BCUT2D eigenvalue weighted by atomic mass is 35.5. The van der Waals surface area contributed by atoms with Crippen LogP contribution in [-0.4, -0.2) is 39.2 Å². The van der Waals surface area contributed by atoms with E-state index < -0.39 is 0 Å². The summed E-state index contributed by atoms with van der Waals surface area (Å²) in [6.07, 6.45) is 0. The Kier molecular flexibility index (Phi) is 7.72. The molecule has 0 aliphatic carbocycles. The number of hydrazone groups is 1. The van der Waals surface area contributed by atoms with Crippen molar-refractivity contribution in [2.24, 2.45) is 5.10 Å². The maximum atomic E-state index is 12.7. The van der Waals surface area contributed by atoms with Crippen molar-refractivity contribution in [2.45, 2.75) is 12.1 Å². The van der Waals surface area contributed by atoms with Crippen LogP contribution in [0.2, 0.25) is 5.02 Å². The minimum atomic E-state index is -0.244. The number of ether oxygens (including phenoxy) is 1. The number of carbonyl (C=O) groups excluding carboxylic acids is 1. The Morgan fingerprint density at radius 2 is 1.71 bits per heavy atom. The van der Waals surface area contributed by atoms with Gasteiger partial charge < -0.3 is 4.74 Å². The van der Waals surface area contributed by atoms with Crippen LogP contribution in [0.3, 0.4) is 0 Å². The van der Waals surface area contributed by atoms with E-state index in [1.165, 1.54) is 11.8 Å². The predicted molar refractivity (Wildman–Crippen MR) is 153 cm³/mol. The average Bonchev–Trinajstić information content (AvgIpc) is 3.38. The van der Waals surface area contributed by atoms with Gasteiger partial charge in [0.1, 0.15) is 5.75 Å². The number of hydrogen-bond donors (Lipinski definition) is 1. The molecule has 0 aliphatic rings. The topological polar surface area (TPSA) is 81.4 Å². The summed E-state index contributed by atoms with van der Waals surface area (Å²) < 4.78 is 7.18. The highest BCUT2D eigenvalue weighted by Gasteiger charge is 2.17. The van der Waals surface area contributed by atoms with E-state index >= 15 is 0 Å². The number of amides is 1. The van der Waals surface area contributed by atoms with E-state index in [0.717, 1.165) is 39.0 Å². The highest BCUT2D eigenvalue weighted by molar-refractivity contribution is 7.99. The Balaban J connectivity index is 1.35. The van der Waals surface area contributed by atoms with Gasteiger partial charge in [-0.1, -0.05) is 65.8 Å². The maximum Gasteiger partial charge on any atom is 0.250 e. The number of fused-ring (bicyclic) bond motifs is 1. The third-order valence-electron chi connectivity index (χ3n) is 5.93. The lowest BCUT2D eigenvalue weighted by molar-refractivity contribution is -0.118. The van der Waals surface area contributed by atoms with E-state index in [-0.39, 0.29) is 11.7 Å². The molecule has 7 nitrogen and oxygen atoms in total. The summed E-state index contributed by atoms with van der Waals surface area (Å²) in [7, 11) is 1.62. The molecule has 0 radical (unpaired) electrons. The third kappa shape index (κ3) is 5.56. The van der Waals surface area contributed by atoms with Crippen LogP contribution < -0.4 is 10.2 Å². The van der Waals surface area contributed by atoms with Crippen LogP contribution in [0.4, 0.5) is 0 Å². The summed E-state index contributed by atoms with van der Waals surface area (Å²) in [6.45, 7) is 1.88. The number of methoxy groups -OCH3 is 1. The number of carbonyl (C=O) groups is 1. The van der Waals surface area contributed by atoms with Crippen molar-refractivity contribution in [2.75, 3.05) is 12.9 Å². The number of rotatable bonds is 8. The van der Waals surface area contributed by atoms with E-state index in [1.807, 2.05) is 78.2 Å². The first-order chi connectivity index (χ1) is 18.5. The van der Waals surface area contributed by atoms with Crippen molar-refractivity contribution in [1.29, 1.82) is 0 Å². The molecule has 0 unspecified atom stereocenters. The first-order valence-electron chi connectivity index (χ1n) is 11.8. The van der Waals surface area contributed by atoms with E-state index in [4.69, 9.17) is 16.3 Å². The molecule has 0 aliphatic heterocycles. The van der Waals surface area contributed by atoms with Crippen LogP contribution in [-0.2, 0) is 4.79 Å². The lowest BCUT2D eigenvalue weighted by atomic mass is 10.0. The average molecular weight is 542 g/mol. The Labute approximate surface area is 229 Å². The van der Waals surface area contributed by atoms with Crippen molar-refractivity contribution in [3.8, 4) is 22.8 Å². The van der Waals surface area contributed by atoms with Gasteiger partial charge in [0, 0.05) is 21.8 Å². The number of halogens is 1. The summed E-state index contributed by atoms with van der Waals surface area (Å²) in [6, 6.07) is 29.1. The lowest BCUT2D eigenvalue weighted by Crippen LogP contribution is -2.21. The summed E-state index contributed by atoms with van der Waals surface area (Å²) in [5, 5.41) is 16.6. The zero-order chi connectivity index (χ0) is 26.5.